The van der Waals surface area contributed by atoms with Crippen LogP contribution in [0.25, 0.3) is 22.3 Å². The molecule has 0 unspecified atom stereocenters. The molecule has 7 nitrogen and oxygen atoms in total. The maximum atomic E-state index is 14.0. The van der Waals surface area contributed by atoms with Crippen molar-refractivity contribution >= 4 is 22.6 Å². The van der Waals surface area contributed by atoms with Crippen molar-refractivity contribution in [1.29, 1.82) is 0 Å². The summed E-state index contributed by atoms with van der Waals surface area (Å²) in [5.74, 6) is -0.346. The molecule has 0 fully saturated rings. The molecule has 2 aromatic carbocycles. The largest absolute Gasteiger partial charge is 0.321 e. The third kappa shape index (κ3) is 4.91. The summed E-state index contributed by atoms with van der Waals surface area (Å²) in [6, 6.07) is 18.7. The fourth-order valence-electron chi connectivity index (χ4n) is 4.64. The zero-order chi connectivity index (χ0) is 27.0. The highest BCUT2D eigenvalue weighted by molar-refractivity contribution is 5.93. The van der Waals surface area contributed by atoms with Gasteiger partial charge in [0.15, 0.2) is 5.65 Å². The first-order valence-electron chi connectivity index (χ1n) is 12.3. The Labute approximate surface area is 219 Å². The van der Waals surface area contributed by atoms with Crippen LogP contribution in [-0.4, -0.2) is 30.5 Å². The van der Waals surface area contributed by atoms with Crippen molar-refractivity contribution < 1.29 is 13.6 Å². The van der Waals surface area contributed by atoms with Gasteiger partial charge in [-0.15, -0.1) is 0 Å². The standard InChI is InChI=1S/C29H28F2N6O/c1-17-10-12-21(13-11-17)15-36-20(4)27(19(3)35-36)33-25(38)16-37-29-26(18(2)34-37)23(28(30)31)14-24(32-29)22-8-6-5-7-9-22/h5-14,28H,15-16H2,1-4H3,(H,33,38). The van der Waals surface area contributed by atoms with Gasteiger partial charge < -0.3 is 5.32 Å². The lowest BCUT2D eigenvalue weighted by Gasteiger charge is -2.10. The minimum absolute atomic E-state index is 0.151. The highest BCUT2D eigenvalue weighted by Gasteiger charge is 2.23. The lowest BCUT2D eigenvalue weighted by Crippen LogP contribution is -2.20. The molecule has 0 radical (unpaired) electrons. The van der Waals surface area contributed by atoms with Gasteiger partial charge in [-0.1, -0.05) is 60.2 Å². The number of amides is 1. The normalized spacial score (nSPS) is 11.4. The molecular formula is C29H28F2N6O. The number of halogens is 2. The van der Waals surface area contributed by atoms with Crippen molar-refractivity contribution in [1.82, 2.24) is 24.5 Å². The summed E-state index contributed by atoms with van der Waals surface area (Å²) in [5.41, 5.74) is 6.03. The van der Waals surface area contributed by atoms with Crippen LogP contribution < -0.4 is 5.32 Å². The third-order valence-electron chi connectivity index (χ3n) is 6.60. The van der Waals surface area contributed by atoms with Crippen molar-refractivity contribution in [3.63, 3.8) is 0 Å². The summed E-state index contributed by atoms with van der Waals surface area (Å²) in [6.45, 7) is 7.83. The van der Waals surface area contributed by atoms with Crippen LogP contribution in [0.3, 0.4) is 0 Å². The molecule has 0 aliphatic carbocycles. The Kier molecular flexibility index (Phi) is 6.75. The summed E-state index contributed by atoms with van der Waals surface area (Å²) in [7, 11) is 0. The van der Waals surface area contributed by atoms with E-state index in [9.17, 15) is 13.6 Å². The molecule has 0 aliphatic rings. The van der Waals surface area contributed by atoms with E-state index in [1.807, 2.05) is 55.8 Å². The van der Waals surface area contributed by atoms with Crippen molar-refractivity contribution in [2.24, 2.45) is 0 Å². The number of alkyl halides is 2. The monoisotopic (exact) mass is 514 g/mol. The zero-order valence-electron chi connectivity index (χ0n) is 21.7. The van der Waals surface area contributed by atoms with Crippen LogP contribution in [0.5, 0.6) is 0 Å². The molecule has 194 valence electrons. The number of nitrogens with zero attached hydrogens (tertiary/aromatic N) is 5. The van der Waals surface area contributed by atoms with E-state index in [1.54, 1.807) is 6.92 Å². The van der Waals surface area contributed by atoms with Crippen LogP contribution in [0, 0.1) is 27.7 Å². The highest BCUT2D eigenvalue weighted by atomic mass is 19.3. The van der Waals surface area contributed by atoms with E-state index in [0.29, 0.717) is 34.9 Å². The molecule has 3 heterocycles. The summed E-state index contributed by atoms with van der Waals surface area (Å²) in [4.78, 5) is 17.8. The molecule has 1 N–H and O–H groups in total. The van der Waals surface area contributed by atoms with Gasteiger partial charge in [-0.25, -0.2) is 18.4 Å². The van der Waals surface area contributed by atoms with Gasteiger partial charge in [0.05, 0.1) is 40.4 Å². The molecule has 0 atom stereocenters. The fourth-order valence-corrected chi connectivity index (χ4v) is 4.64. The molecule has 38 heavy (non-hydrogen) atoms. The van der Waals surface area contributed by atoms with Gasteiger partial charge in [-0.2, -0.15) is 10.2 Å². The number of carbonyl (C=O) groups is 1. The van der Waals surface area contributed by atoms with E-state index >= 15 is 0 Å². The Hall–Kier alpha value is -4.40. The van der Waals surface area contributed by atoms with Crippen molar-refractivity contribution in [3.05, 3.63) is 94.4 Å². The van der Waals surface area contributed by atoms with Crippen molar-refractivity contribution in [3.8, 4) is 11.3 Å². The van der Waals surface area contributed by atoms with E-state index < -0.39 is 6.43 Å². The van der Waals surface area contributed by atoms with Crippen molar-refractivity contribution in [2.45, 2.75) is 47.2 Å². The SMILES string of the molecule is Cc1ccc(Cn2nc(C)c(NC(=O)Cn3nc(C)c4c(C(F)F)cc(-c5ccccc5)nc43)c2C)cc1. The lowest BCUT2D eigenvalue weighted by atomic mass is 10.1. The predicted octanol–water partition coefficient (Wildman–Crippen LogP) is 6.15. The number of hydrogen-bond donors (Lipinski definition) is 1. The first-order valence-corrected chi connectivity index (χ1v) is 12.3. The number of rotatable bonds is 7. The number of fused-ring (bicyclic) bond motifs is 1. The Bertz CT molecular complexity index is 1620. The van der Waals surface area contributed by atoms with Crippen LogP contribution >= 0.6 is 0 Å². The zero-order valence-corrected chi connectivity index (χ0v) is 21.7. The molecule has 3 aromatic heterocycles. The van der Waals surface area contributed by atoms with E-state index in [1.165, 1.54) is 16.3 Å². The molecule has 1 amide bonds. The summed E-state index contributed by atoms with van der Waals surface area (Å²) in [5, 5.41) is 12.2. The number of aryl methyl sites for hydroxylation is 3. The van der Waals surface area contributed by atoms with Gasteiger partial charge in [0, 0.05) is 11.1 Å². The summed E-state index contributed by atoms with van der Waals surface area (Å²) >= 11 is 0. The Morgan fingerprint density at radius 1 is 0.921 bits per heavy atom. The van der Waals surface area contributed by atoms with E-state index in [2.05, 4.69) is 44.8 Å². The smallest absolute Gasteiger partial charge is 0.264 e. The van der Waals surface area contributed by atoms with Gasteiger partial charge in [0.2, 0.25) is 5.91 Å². The second-order valence-electron chi connectivity index (χ2n) is 9.44. The van der Waals surface area contributed by atoms with E-state index in [-0.39, 0.29) is 29.0 Å². The molecule has 5 rings (SSSR count). The second-order valence-corrected chi connectivity index (χ2v) is 9.44. The van der Waals surface area contributed by atoms with Gasteiger partial charge >= 0.3 is 0 Å². The molecule has 0 bridgehead atoms. The first kappa shape index (κ1) is 25.3. The van der Waals surface area contributed by atoms with Gasteiger partial charge in [0.1, 0.15) is 6.54 Å². The van der Waals surface area contributed by atoms with Gasteiger partial charge in [-0.3, -0.25) is 9.48 Å². The number of hydrogen-bond acceptors (Lipinski definition) is 4. The third-order valence-corrected chi connectivity index (χ3v) is 6.60. The lowest BCUT2D eigenvalue weighted by molar-refractivity contribution is -0.116. The highest BCUT2D eigenvalue weighted by Crippen LogP contribution is 2.33. The topological polar surface area (TPSA) is 77.6 Å². The molecule has 0 aliphatic heterocycles. The quantitative estimate of drug-likeness (QED) is 0.282. The molecule has 9 heteroatoms. The van der Waals surface area contributed by atoms with Gasteiger partial charge in [0.25, 0.3) is 6.43 Å². The minimum atomic E-state index is -2.71. The van der Waals surface area contributed by atoms with Crippen LogP contribution in [0.1, 0.15) is 40.2 Å². The molecule has 5 aromatic rings. The van der Waals surface area contributed by atoms with Crippen molar-refractivity contribution in [2.75, 3.05) is 5.32 Å². The first-order chi connectivity index (χ1) is 18.2. The number of pyridine rings is 1. The number of carbonyl (C=O) groups excluding carboxylic acids is 1. The number of aromatic nitrogens is 5. The second kappa shape index (κ2) is 10.2. The predicted molar refractivity (Wildman–Crippen MR) is 143 cm³/mol. The maximum absolute atomic E-state index is 14.0. The fraction of sp³-hybridized carbons (Fsp3) is 0.241. The molecule has 0 saturated carbocycles. The molecule has 0 saturated heterocycles. The average Bonchev–Trinajstić information content (AvgIpc) is 3.35. The Balaban J connectivity index is 1.43. The van der Waals surface area contributed by atoms with E-state index in [0.717, 1.165) is 11.3 Å². The van der Waals surface area contributed by atoms with E-state index in [4.69, 9.17) is 0 Å². The number of benzene rings is 2. The Morgan fingerprint density at radius 2 is 1.61 bits per heavy atom. The molecular weight excluding hydrogens is 486 g/mol. The van der Waals surface area contributed by atoms with Crippen LogP contribution in [0.15, 0.2) is 60.7 Å². The Morgan fingerprint density at radius 3 is 2.29 bits per heavy atom. The summed E-state index contributed by atoms with van der Waals surface area (Å²) in [6.07, 6.45) is -2.71. The van der Waals surface area contributed by atoms with Crippen LogP contribution in [0.2, 0.25) is 0 Å². The molecule has 0 spiro atoms. The van der Waals surface area contributed by atoms with Gasteiger partial charge in [-0.05, 0) is 39.3 Å². The number of anilines is 1. The average molecular weight is 515 g/mol. The number of nitrogens with one attached hydrogen (secondary N) is 1. The maximum Gasteiger partial charge on any atom is 0.264 e. The minimum Gasteiger partial charge on any atom is -0.321 e. The van der Waals surface area contributed by atoms with Crippen LogP contribution in [-0.2, 0) is 17.9 Å². The van der Waals surface area contributed by atoms with Crippen LogP contribution in [0.4, 0.5) is 14.5 Å². The summed E-state index contributed by atoms with van der Waals surface area (Å²) < 4.78 is 31.3.